The third-order valence-electron chi connectivity index (χ3n) is 3.35. The van der Waals surface area contributed by atoms with Crippen molar-refractivity contribution >= 4 is 5.97 Å². The molecule has 28 heavy (non-hydrogen) atoms. The number of esters is 1. The standard InChI is InChI=1S/C21H32O7/c1-2-28-21(22)9-6-10-23-11-12-24-13-14-25-15-16-26-17-18-27-19-20-7-4-3-5-8-20/h3-9H,2,10-19H2,1H3/b9-6+. The highest BCUT2D eigenvalue weighted by atomic mass is 16.6. The van der Waals surface area contributed by atoms with Crippen LogP contribution in [0.25, 0.3) is 0 Å². The van der Waals surface area contributed by atoms with E-state index in [1.165, 1.54) is 6.08 Å². The van der Waals surface area contributed by atoms with Crippen LogP contribution in [0, 0.1) is 0 Å². The van der Waals surface area contributed by atoms with E-state index in [1.807, 2.05) is 30.3 Å². The van der Waals surface area contributed by atoms with Crippen LogP contribution in [0.3, 0.4) is 0 Å². The molecule has 0 aromatic heterocycles. The van der Waals surface area contributed by atoms with Crippen molar-refractivity contribution in [3.8, 4) is 0 Å². The summed E-state index contributed by atoms with van der Waals surface area (Å²) in [6.45, 7) is 7.21. The fourth-order valence-electron chi connectivity index (χ4n) is 2.03. The van der Waals surface area contributed by atoms with Gasteiger partial charge in [0.05, 0.1) is 72.7 Å². The minimum Gasteiger partial charge on any atom is -0.463 e. The first-order valence-corrected chi connectivity index (χ1v) is 9.59. The van der Waals surface area contributed by atoms with Crippen LogP contribution >= 0.6 is 0 Å². The van der Waals surface area contributed by atoms with Crippen LogP contribution in [0.15, 0.2) is 42.5 Å². The van der Waals surface area contributed by atoms with E-state index < -0.39 is 0 Å². The zero-order valence-corrected chi connectivity index (χ0v) is 16.7. The lowest BCUT2D eigenvalue weighted by Crippen LogP contribution is -2.13. The van der Waals surface area contributed by atoms with Gasteiger partial charge < -0.3 is 28.4 Å². The topological polar surface area (TPSA) is 72.5 Å². The van der Waals surface area contributed by atoms with Gasteiger partial charge in [-0.05, 0) is 12.5 Å². The fourth-order valence-corrected chi connectivity index (χ4v) is 2.03. The molecule has 0 heterocycles. The average Bonchev–Trinajstić information content (AvgIpc) is 2.71. The lowest BCUT2D eigenvalue weighted by atomic mass is 10.2. The molecule has 0 unspecified atom stereocenters. The Morgan fingerprint density at radius 3 is 1.89 bits per heavy atom. The molecule has 1 aromatic carbocycles. The van der Waals surface area contributed by atoms with Crippen LogP contribution < -0.4 is 0 Å². The molecule has 0 spiro atoms. The second-order valence-corrected chi connectivity index (χ2v) is 5.60. The molecular formula is C21H32O7. The summed E-state index contributed by atoms with van der Waals surface area (Å²) in [5, 5.41) is 0. The predicted molar refractivity (Wildman–Crippen MR) is 105 cm³/mol. The molecule has 7 heteroatoms. The van der Waals surface area contributed by atoms with Crippen molar-refractivity contribution in [2.24, 2.45) is 0 Å². The van der Waals surface area contributed by atoms with Crippen LogP contribution in [0.1, 0.15) is 12.5 Å². The molecule has 0 amide bonds. The first kappa shape index (κ1) is 24.3. The largest absolute Gasteiger partial charge is 0.463 e. The average molecular weight is 396 g/mol. The molecule has 158 valence electrons. The van der Waals surface area contributed by atoms with E-state index in [2.05, 4.69) is 0 Å². The molecule has 0 N–H and O–H groups in total. The molecule has 0 fully saturated rings. The zero-order chi connectivity index (χ0) is 20.1. The number of benzene rings is 1. The lowest BCUT2D eigenvalue weighted by Gasteiger charge is -2.07. The van der Waals surface area contributed by atoms with E-state index in [0.29, 0.717) is 72.7 Å². The minimum atomic E-state index is -0.358. The van der Waals surface area contributed by atoms with Gasteiger partial charge in [-0.2, -0.15) is 0 Å². The van der Waals surface area contributed by atoms with Gasteiger partial charge in [-0.3, -0.25) is 0 Å². The van der Waals surface area contributed by atoms with Gasteiger partial charge in [-0.15, -0.1) is 0 Å². The van der Waals surface area contributed by atoms with Crippen LogP contribution in [-0.4, -0.2) is 72.0 Å². The van der Waals surface area contributed by atoms with Crippen molar-refractivity contribution in [2.75, 3.05) is 66.1 Å². The highest BCUT2D eigenvalue weighted by molar-refractivity contribution is 5.81. The van der Waals surface area contributed by atoms with Crippen LogP contribution in [0.5, 0.6) is 0 Å². The summed E-state index contributed by atoms with van der Waals surface area (Å²) in [6.07, 6.45) is 2.98. The van der Waals surface area contributed by atoms with Gasteiger partial charge >= 0.3 is 5.97 Å². The van der Waals surface area contributed by atoms with E-state index in [0.717, 1.165) is 5.56 Å². The highest BCUT2D eigenvalue weighted by Crippen LogP contribution is 1.99. The van der Waals surface area contributed by atoms with Gasteiger partial charge in [0, 0.05) is 6.08 Å². The molecule has 0 atom stereocenters. The van der Waals surface area contributed by atoms with Crippen molar-refractivity contribution in [3.05, 3.63) is 48.0 Å². The number of hydrogen-bond acceptors (Lipinski definition) is 7. The highest BCUT2D eigenvalue weighted by Gasteiger charge is 1.95. The summed E-state index contributed by atoms with van der Waals surface area (Å²) in [5.41, 5.74) is 1.16. The summed E-state index contributed by atoms with van der Waals surface area (Å²) in [4.78, 5) is 11.0. The van der Waals surface area contributed by atoms with Gasteiger partial charge in [0.25, 0.3) is 0 Å². The molecule has 0 saturated heterocycles. The van der Waals surface area contributed by atoms with E-state index in [9.17, 15) is 4.79 Å². The second-order valence-electron chi connectivity index (χ2n) is 5.60. The molecule has 0 aliphatic heterocycles. The van der Waals surface area contributed by atoms with Crippen LogP contribution in [0.4, 0.5) is 0 Å². The Morgan fingerprint density at radius 2 is 1.32 bits per heavy atom. The summed E-state index contributed by atoms with van der Waals surface area (Å²) in [6, 6.07) is 10.0. The van der Waals surface area contributed by atoms with E-state index in [1.54, 1.807) is 13.0 Å². The summed E-state index contributed by atoms with van der Waals surface area (Å²) >= 11 is 0. The third kappa shape index (κ3) is 15.3. The molecule has 0 radical (unpaired) electrons. The number of ether oxygens (including phenoxy) is 6. The van der Waals surface area contributed by atoms with Gasteiger partial charge in [0.2, 0.25) is 0 Å². The SMILES string of the molecule is CCOC(=O)/C=C/COCCOCCOCCOCCOCc1ccccc1. The molecule has 7 nitrogen and oxygen atoms in total. The first-order chi connectivity index (χ1) is 13.8. The zero-order valence-electron chi connectivity index (χ0n) is 16.7. The van der Waals surface area contributed by atoms with Crippen LogP contribution in [-0.2, 0) is 39.8 Å². The molecule has 1 rings (SSSR count). The summed E-state index contributed by atoms with van der Waals surface area (Å²) < 4.78 is 31.8. The van der Waals surface area contributed by atoms with E-state index >= 15 is 0 Å². The van der Waals surface area contributed by atoms with Crippen molar-refractivity contribution in [3.63, 3.8) is 0 Å². The Kier molecular flexibility index (Phi) is 16.1. The second kappa shape index (κ2) is 18.6. The van der Waals surface area contributed by atoms with Gasteiger partial charge in [-0.25, -0.2) is 4.79 Å². The van der Waals surface area contributed by atoms with Crippen molar-refractivity contribution in [1.29, 1.82) is 0 Å². The Morgan fingerprint density at radius 1 is 0.786 bits per heavy atom. The van der Waals surface area contributed by atoms with Crippen molar-refractivity contribution in [1.82, 2.24) is 0 Å². The van der Waals surface area contributed by atoms with Gasteiger partial charge in [-0.1, -0.05) is 36.4 Å². The molecule has 0 aliphatic carbocycles. The summed E-state index contributed by atoms with van der Waals surface area (Å²) in [7, 11) is 0. The van der Waals surface area contributed by atoms with Gasteiger partial charge in [0.1, 0.15) is 0 Å². The number of carbonyl (C=O) groups is 1. The summed E-state index contributed by atoms with van der Waals surface area (Å²) in [5.74, 6) is -0.358. The third-order valence-corrected chi connectivity index (χ3v) is 3.35. The first-order valence-electron chi connectivity index (χ1n) is 9.59. The van der Waals surface area contributed by atoms with Crippen LogP contribution in [0.2, 0.25) is 0 Å². The van der Waals surface area contributed by atoms with E-state index in [-0.39, 0.29) is 5.97 Å². The number of carbonyl (C=O) groups excluding carboxylic acids is 1. The van der Waals surface area contributed by atoms with Gasteiger partial charge in [0.15, 0.2) is 0 Å². The molecule has 0 saturated carbocycles. The Labute approximate surface area is 167 Å². The minimum absolute atomic E-state index is 0.352. The number of rotatable bonds is 18. The number of hydrogen-bond donors (Lipinski definition) is 0. The Bertz CT molecular complexity index is 505. The molecule has 0 aliphatic rings. The fraction of sp³-hybridized carbons (Fsp3) is 0.571. The van der Waals surface area contributed by atoms with Crippen molar-refractivity contribution < 1.29 is 33.2 Å². The molecule has 0 bridgehead atoms. The lowest BCUT2D eigenvalue weighted by molar-refractivity contribution is -0.137. The molecular weight excluding hydrogens is 364 g/mol. The maximum atomic E-state index is 11.0. The van der Waals surface area contributed by atoms with Crippen molar-refractivity contribution in [2.45, 2.75) is 13.5 Å². The normalized spacial score (nSPS) is 11.2. The Balaban J connectivity index is 1.73. The predicted octanol–water partition coefficient (Wildman–Crippen LogP) is 2.39. The molecule has 1 aromatic rings. The maximum absolute atomic E-state index is 11.0. The maximum Gasteiger partial charge on any atom is 0.330 e. The Hall–Kier alpha value is -1.77. The smallest absolute Gasteiger partial charge is 0.330 e. The quantitative estimate of drug-likeness (QED) is 0.214. The van der Waals surface area contributed by atoms with E-state index in [4.69, 9.17) is 28.4 Å². The monoisotopic (exact) mass is 396 g/mol.